The Bertz CT molecular complexity index is 620. The van der Waals surface area contributed by atoms with Gasteiger partial charge in [-0.1, -0.05) is 6.07 Å². The maximum atomic E-state index is 12.6. The van der Waals surface area contributed by atoms with Crippen molar-refractivity contribution >= 4 is 17.8 Å². The lowest BCUT2D eigenvalue weighted by molar-refractivity contribution is -0.135. The molecule has 4 amide bonds. The molecule has 7 nitrogen and oxygen atoms in total. The molecule has 1 atom stereocenters. The van der Waals surface area contributed by atoms with Crippen LogP contribution in [0.2, 0.25) is 0 Å². The van der Waals surface area contributed by atoms with Gasteiger partial charge in [0, 0.05) is 24.5 Å². The van der Waals surface area contributed by atoms with Crippen molar-refractivity contribution in [3.8, 4) is 0 Å². The average Bonchev–Trinajstić information content (AvgIpc) is 2.91. The first-order valence-corrected chi connectivity index (χ1v) is 8.41. The minimum Gasteiger partial charge on any atom is -0.338 e. The van der Waals surface area contributed by atoms with Crippen molar-refractivity contribution in [2.75, 3.05) is 19.6 Å². The molecule has 7 heteroatoms. The maximum Gasteiger partial charge on any atom is 0.325 e. The van der Waals surface area contributed by atoms with E-state index >= 15 is 0 Å². The lowest BCUT2D eigenvalue weighted by Crippen LogP contribution is -2.48. The minimum atomic E-state index is -0.476. The summed E-state index contributed by atoms with van der Waals surface area (Å²) in [5.74, 6) is -0.427. The number of piperidine rings is 1. The third kappa shape index (κ3) is 3.90. The summed E-state index contributed by atoms with van der Waals surface area (Å²) in [6, 6.07) is 5.55. The van der Waals surface area contributed by atoms with Crippen molar-refractivity contribution in [2.45, 2.75) is 38.1 Å². The second kappa shape index (κ2) is 7.42. The molecule has 0 saturated carbocycles. The van der Waals surface area contributed by atoms with Crippen LogP contribution in [0.5, 0.6) is 0 Å². The molecule has 2 aliphatic rings. The first-order chi connectivity index (χ1) is 11.6. The lowest BCUT2D eigenvalue weighted by atomic mass is 9.97. The van der Waals surface area contributed by atoms with Crippen molar-refractivity contribution < 1.29 is 14.4 Å². The van der Waals surface area contributed by atoms with E-state index in [9.17, 15) is 14.4 Å². The molecule has 0 radical (unpaired) electrons. The average molecular weight is 330 g/mol. The summed E-state index contributed by atoms with van der Waals surface area (Å²) in [5.41, 5.74) is 1.03. The highest BCUT2D eigenvalue weighted by molar-refractivity contribution is 6.03. The topological polar surface area (TPSA) is 82.6 Å². The molecule has 1 N–H and O–H groups in total. The molecule has 0 bridgehead atoms. The second-order valence-corrected chi connectivity index (χ2v) is 6.31. The Labute approximate surface area is 141 Å². The molecule has 0 aromatic carbocycles. The van der Waals surface area contributed by atoms with Gasteiger partial charge in [-0.3, -0.25) is 19.9 Å². The number of amides is 4. The number of hydrogen-bond acceptors (Lipinski definition) is 4. The van der Waals surface area contributed by atoms with Crippen molar-refractivity contribution in [1.82, 2.24) is 20.1 Å². The number of imide groups is 1. The Morgan fingerprint density at radius 2 is 2.17 bits per heavy atom. The van der Waals surface area contributed by atoms with Gasteiger partial charge in [-0.25, -0.2) is 4.79 Å². The quantitative estimate of drug-likeness (QED) is 0.815. The van der Waals surface area contributed by atoms with Gasteiger partial charge in [0.15, 0.2) is 0 Å². The van der Waals surface area contributed by atoms with Crippen LogP contribution in [0.4, 0.5) is 4.79 Å². The molecule has 3 rings (SSSR count). The van der Waals surface area contributed by atoms with Crippen LogP contribution in [0.25, 0.3) is 0 Å². The zero-order chi connectivity index (χ0) is 16.9. The van der Waals surface area contributed by atoms with E-state index in [0.29, 0.717) is 0 Å². The summed E-state index contributed by atoms with van der Waals surface area (Å²) >= 11 is 0. The number of aromatic nitrogens is 1. The number of likely N-dealkylation sites (tertiary alicyclic amines) is 1. The SMILES string of the molecule is O=C1CN(CC(=O)N2CCCC[C@@H]2CCc2ccccn2)C(=O)N1. The number of aryl methyl sites for hydroxylation is 1. The molecule has 128 valence electrons. The van der Waals surface area contributed by atoms with Gasteiger partial charge in [-0.05, 0) is 44.2 Å². The predicted octanol–water partition coefficient (Wildman–Crippen LogP) is 0.947. The fourth-order valence-electron chi connectivity index (χ4n) is 3.35. The van der Waals surface area contributed by atoms with Gasteiger partial charge < -0.3 is 9.80 Å². The molecule has 1 aromatic heterocycles. The molecule has 2 fully saturated rings. The van der Waals surface area contributed by atoms with E-state index in [1.165, 1.54) is 4.90 Å². The summed E-state index contributed by atoms with van der Waals surface area (Å²) in [6.07, 6.45) is 6.55. The number of nitrogens with one attached hydrogen (secondary N) is 1. The number of carbonyl (C=O) groups excluding carboxylic acids is 3. The standard InChI is InChI=1S/C17H22N4O3/c22-15-11-20(17(24)19-15)12-16(23)21-10-4-2-6-14(21)8-7-13-5-1-3-9-18-13/h1,3,5,9,14H,2,4,6-8,10-12H2,(H,19,22,24)/t14-/m1/s1. The summed E-state index contributed by atoms with van der Waals surface area (Å²) in [6.45, 7) is 0.657. The molecule has 0 unspecified atom stereocenters. The highest BCUT2D eigenvalue weighted by Crippen LogP contribution is 2.21. The summed E-state index contributed by atoms with van der Waals surface area (Å²) < 4.78 is 0. The zero-order valence-corrected chi connectivity index (χ0v) is 13.6. The summed E-state index contributed by atoms with van der Waals surface area (Å²) in [7, 11) is 0. The fraction of sp³-hybridized carbons (Fsp3) is 0.529. The van der Waals surface area contributed by atoms with Gasteiger partial charge in [0.1, 0.15) is 13.1 Å². The van der Waals surface area contributed by atoms with E-state index < -0.39 is 6.03 Å². The molecular formula is C17H22N4O3. The number of nitrogens with zero attached hydrogens (tertiary/aromatic N) is 3. The van der Waals surface area contributed by atoms with Crippen LogP contribution in [0.15, 0.2) is 24.4 Å². The molecular weight excluding hydrogens is 308 g/mol. The van der Waals surface area contributed by atoms with Gasteiger partial charge in [0.05, 0.1) is 0 Å². The first-order valence-electron chi connectivity index (χ1n) is 8.41. The maximum absolute atomic E-state index is 12.6. The van der Waals surface area contributed by atoms with Crippen LogP contribution in [0.3, 0.4) is 0 Å². The molecule has 2 aliphatic heterocycles. The van der Waals surface area contributed by atoms with Gasteiger partial charge in [-0.2, -0.15) is 0 Å². The summed E-state index contributed by atoms with van der Waals surface area (Å²) in [4.78, 5) is 42.9. The van der Waals surface area contributed by atoms with E-state index in [-0.39, 0.29) is 30.9 Å². The predicted molar refractivity (Wildman–Crippen MR) is 87.0 cm³/mol. The van der Waals surface area contributed by atoms with Gasteiger partial charge in [0.25, 0.3) is 0 Å². The molecule has 3 heterocycles. The Morgan fingerprint density at radius 1 is 1.29 bits per heavy atom. The lowest BCUT2D eigenvalue weighted by Gasteiger charge is -2.36. The second-order valence-electron chi connectivity index (χ2n) is 6.31. The normalized spacial score (nSPS) is 21.1. The minimum absolute atomic E-state index is 0.0301. The number of urea groups is 1. The molecule has 0 aliphatic carbocycles. The van der Waals surface area contributed by atoms with Gasteiger partial charge >= 0.3 is 6.03 Å². The Morgan fingerprint density at radius 3 is 2.88 bits per heavy atom. The van der Waals surface area contributed by atoms with Crippen molar-refractivity contribution in [3.63, 3.8) is 0 Å². The zero-order valence-electron chi connectivity index (χ0n) is 13.6. The largest absolute Gasteiger partial charge is 0.338 e. The number of rotatable bonds is 5. The highest BCUT2D eigenvalue weighted by atomic mass is 16.2. The van der Waals surface area contributed by atoms with E-state index in [4.69, 9.17) is 0 Å². The van der Waals surface area contributed by atoms with Crippen LogP contribution >= 0.6 is 0 Å². The van der Waals surface area contributed by atoms with E-state index in [1.807, 2.05) is 23.1 Å². The van der Waals surface area contributed by atoms with Gasteiger partial charge in [-0.15, -0.1) is 0 Å². The van der Waals surface area contributed by atoms with Crippen molar-refractivity contribution in [3.05, 3.63) is 30.1 Å². The van der Waals surface area contributed by atoms with Crippen molar-refractivity contribution in [2.24, 2.45) is 0 Å². The van der Waals surface area contributed by atoms with Crippen LogP contribution in [0.1, 0.15) is 31.4 Å². The van der Waals surface area contributed by atoms with Gasteiger partial charge in [0.2, 0.25) is 11.8 Å². The van der Waals surface area contributed by atoms with E-state index in [2.05, 4.69) is 10.3 Å². The third-order valence-electron chi connectivity index (χ3n) is 4.60. The van der Waals surface area contributed by atoms with Crippen LogP contribution in [0, 0.1) is 0 Å². The molecule has 1 aromatic rings. The first kappa shape index (κ1) is 16.4. The van der Waals surface area contributed by atoms with E-state index in [1.54, 1.807) is 6.20 Å². The smallest absolute Gasteiger partial charge is 0.325 e. The molecule has 0 spiro atoms. The highest BCUT2D eigenvalue weighted by Gasteiger charge is 2.32. The third-order valence-corrected chi connectivity index (χ3v) is 4.60. The Balaban J connectivity index is 1.58. The molecule has 2 saturated heterocycles. The summed E-state index contributed by atoms with van der Waals surface area (Å²) in [5, 5.41) is 2.20. The Kier molecular flexibility index (Phi) is 5.08. The fourth-order valence-corrected chi connectivity index (χ4v) is 3.35. The monoisotopic (exact) mass is 330 g/mol. The number of hydrogen-bond donors (Lipinski definition) is 1. The van der Waals surface area contributed by atoms with Crippen LogP contribution in [-0.4, -0.2) is 58.3 Å². The number of pyridine rings is 1. The number of carbonyl (C=O) groups is 3. The molecule has 24 heavy (non-hydrogen) atoms. The Hall–Kier alpha value is -2.44. The van der Waals surface area contributed by atoms with E-state index in [0.717, 1.165) is 44.3 Å². The van der Waals surface area contributed by atoms with Crippen LogP contribution < -0.4 is 5.32 Å². The van der Waals surface area contributed by atoms with Crippen molar-refractivity contribution in [1.29, 1.82) is 0 Å². The van der Waals surface area contributed by atoms with Crippen LogP contribution in [-0.2, 0) is 16.0 Å².